The summed E-state index contributed by atoms with van der Waals surface area (Å²) < 4.78 is 10.0. The molecule has 100 heavy (non-hydrogen) atoms. The Morgan fingerprint density at radius 3 is 1.22 bits per heavy atom. The largest absolute Gasteiger partial charge is 0.445 e. The summed E-state index contributed by atoms with van der Waals surface area (Å²) in [6, 6.07) is 94.1. The molecule has 4 aromatic heterocycles. The van der Waals surface area contributed by atoms with Gasteiger partial charge in [-0.15, -0.1) is 0 Å². The van der Waals surface area contributed by atoms with Gasteiger partial charge in [0, 0.05) is 89.8 Å². The first-order valence-corrected chi connectivity index (χ1v) is 34.6. The maximum absolute atomic E-state index is 14.5. The molecule has 2 spiro atoms. The number of rotatable bonds is 14. The molecular weight excluding hydrogens is 1240 g/mol. The topological polar surface area (TPSA) is 144 Å². The number of pyridine rings is 2. The van der Waals surface area contributed by atoms with E-state index in [0.29, 0.717) is 32.5 Å². The smallest absolute Gasteiger partial charge is 0.410 e. The lowest BCUT2D eigenvalue weighted by Gasteiger charge is -2.37. The van der Waals surface area contributed by atoms with Crippen LogP contribution < -0.4 is 15.1 Å². The summed E-state index contributed by atoms with van der Waals surface area (Å²) in [5.41, 5.74) is 14.0. The van der Waals surface area contributed by atoms with Crippen molar-refractivity contribution in [3.8, 4) is 22.5 Å². The van der Waals surface area contributed by atoms with E-state index in [1.54, 1.807) is 4.90 Å². The van der Waals surface area contributed by atoms with Gasteiger partial charge in [0.25, 0.3) is 0 Å². The first-order valence-electron chi connectivity index (χ1n) is 34.6. The van der Waals surface area contributed by atoms with Crippen LogP contribution in [0.3, 0.4) is 0 Å². The Bertz CT molecular complexity index is 4930. The fourth-order valence-electron chi connectivity index (χ4n) is 16.2. The van der Waals surface area contributed by atoms with E-state index in [0.717, 1.165) is 139 Å². The Hall–Kier alpha value is -11.6. The van der Waals surface area contributed by atoms with Crippen molar-refractivity contribution >= 4 is 51.1 Å². The van der Waals surface area contributed by atoms with Gasteiger partial charge in [-0.3, -0.25) is 19.6 Å². The van der Waals surface area contributed by atoms with Gasteiger partial charge in [0.15, 0.2) is 0 Å². The van der Waals surface area contributed by atoms with E-state index >= 15 is 0 Å². The highest BCUT2D eigenvalue weighted by Gasteiger charge is 2.53. The molecule has 0 saturated carbocycles. The number of carbonyl (C=O) groups is 3. The number of nitrogens with zero attached hydrogens (tertiary/aromatic N) is 9. The molecule has 1 N–H and O–H groups in total. The quantitative estimate of drug-likeness (QED) is 0.105. The summed E-state index contributed by atoms with van der Waals surface area (Å²) >= 11 is 0. The van der Waals surface area contributed by atoms with Crippen molar-refractivity contribution in [2.24, 2.45) is 10.8 Å². The highest BCUT2D eigenvalue weighted by atomic mass is 16.6. The van der Waals surface area contributed by atoms with Gasteiger partial charge in [-0.1, -0.05) is 212 Å². The van der Waals surface area contributed by atoms with Crippen LogP contribution in [-0.4, -0.2) is 91.6 Å². The summed E-state index contributed by atoms with van der Waals surface area (Å²) in [7, 11) is 0. The Morgan fingerprint density at radius 1 is 0.450 bits per heavy atom. The van der Waals surface area contributed by atoms with Gasteiger partial charge in [-0.05, 0) is 146 Å². The lowest BCUT2D eigenvalue weighted by molar-refractivity contribution is -0.125. The average Bonchev–Trinajstić information content (AvgIpc) is 1.26. The van der Waals surface area contributed by atoms with Crippen LogP contribution in [0.5, 0.6) is 0 Å². The van der Waals surface area contributed by atoms with Gasteiger partial charge in [0.1, 0.15) is 29.1 Å². The normalized spacial score (nSPS) is 17.6. The fraction of sp³-hybridized carbons (Fsp3) is 0.198. The van der Waals surface area contributed by atoms with Gasteiger partial charge < -0.3 is 24.8 Å². The highest BCUT2D eigenvalue weighted by Crippen LogP contribution is 2.49. The van der Waals surface area contributed by atoms with Crippen LogP contribution in [0.15, 0.2) is 285 Å². The predicted molar refractivity (Wildman–Crippen MR) is 394 cm³/mol. The number of ether oxygens (including phenoxy) is 1. The van der Waals surface area contributed by atoms with E-state index in [2.05, 4.69) is 231 Å². The lowest BCUT2D eigenvalue weighted by atomic mass is 9.77. The van der Waals surface area contributed by atoms with Crippen molar-refractivity contribution < 1.29 is 19.1 Å². The zero-order valence-electron chi connectivity index (χ0n) is 56.1. The van der Waals surface area contributed by atoms with E-state index in [9.17, 15) is 14.4 Å². The number of aryl methyl sites for hydroxylation is 2. The summed E-state index contributed by atoms with van der Waals surface area (Å²) in [5.74, 6) is 0.277. The average molecular weight is 1310 g/mol. The minimum atomic E-state index is -0.834. The van der Waals surface area contributed by atoms with Crippen molar-refractivity contribution in [2.45, 2.75) is 57.2 Å². The molecule has 0 radical (unpaired) electrons. The standard InChI is InChI=1S/C47H41N5O3.C39H35N5O/c1-34-30-36(24-27-48-34)43-41-31-40(51-29-26-46(44(51)53)25-28-50(33-46)45(54)55-32-35-14-6-2-7-15-35)22-23-42(41)52(49-43)47(37-16-8-3-9-17-37,38-18-10-4-11-19-38)39-20-12-5-13-21-39;1-28-25-29(19-22-41-28)36-34-26-33(43-24-21-38(37(43)45)20-23-40-27-38)17-18-35(34)44(42-36)39(30-11-5-2-6-12-30,31-13-7-3-8-14-31)32-15-9-4-10-16-32/h2-24,27,30-31H,25-26,28-29,32-33H2,1H3;2-19,22,25-26,40H,20-21,23-24,27H2,1H3/t46-;38-/m00/s1. The molecule has 3 amide bonds. The number of anilines is 2. The molecule has 4 saturated heterocycles. The molecule has 9 aromatic carbocycles. The Kier molecular flexibility index (Phi) is 16.6. The third kappa shape index (κ3) is 11.0. The van der Waals surface area contributed by atoms with Crippen LogP contribution in [0.1, 0.15) is 76.0 Å². The third-order valence-electron chi connectivity index (χ3n) is 21.2. The number of amides is 3. The molecule has 0 aliphatic carbocycles. The second kappa shape index (κ2) is 26.3. The number of likely N-dealkylation sites (tertiary alicyclic amines) is 1. The number of carbonyl (C=O) groups excluding carboxylic acids is 3. The molecule has 2 atom stereocenters. The van der Waals surface area contributed by atoms with Crippen LogP contribution in [0.4, 0.5) is 16.2 Å². The zero-order valence-corrected chi connectivity index (χ0v) is 56.1. The van der Waals surface area contributed by atoms with Crippen molar-refractivity contribution in [3.05, 3.63) is 336 Å². The number of hydrogen-bond donors (Lipinski definition) is 1. The van der Waals surface area contributed by atoms with Crippen LogP contribution in [0.2, 0.25) is 0 Å². The van der Waals surface area contributed by atoms with Gasteiger partial charge in [0.05, 0.1) is 21.9 Å². The van der Waals surface area contributed by atoms with Crippen molar-refractivity contribution in [1.82, 2.24) is 39.7 Å². The highest BCUT2D eigenvalue weighted by molar-refractivity contribution is 6.05. The minimum Gasteiger partial charge on any atom is -0.445 e. The molecule has 17 rings (SSSR count). The molecule has 0 bridgehead atoms. The summed E-state index contributed by atoms with van der Waals surface area (Å²) in [4.78, 5) is 56.0. The van der Waals surface area contributed by atoms with Crippen LogP contribution in [0.25, 0.3) is 44.3 Å². The summed E-state index contributed by atoms with van der Waals surface area (Å²) in [6.45, 7) is 8.00. The molecular formula is C86H76N10O4. The Labute approximate surface area is 582 Å². The van der Waals surface area contributed by atoms with Gasteiger partial charge >= 0.3 is 6.09 Å². The molecule has 14 heteroatoms. The van der Waals surface area contributed by atoms with Crippen LogP contribution in [-0.2, 0) is 32.0 Å². The Morgan fingerprint density at radius 2 is 0.830 bits per heavy atom. The summed E-state index contributed by atoms with van der Waals surface area (Å²) in [6.07, 6.45) is 6.35. The van der Waals surface area contributed by atoms with Crippen LogP contribution >= 0.6 is 0 Å². The zero-order chi connectivity index (χ0) is 67.8. The van der Waals surface area contributed by atoms with E-state index in [4.69, 9.17) is 14.9 Å². The van der Waals surface area contributed by atoms with E-state index in [1.165, 1.54) is 0 Å². The van der Waals surface area contributed by atoms with Crippen molar-refractivity contribution in [2.75, 3.05) is 49.1 Å². The Balaban J connectivity index is 0.000000159. The molecule has 4 fully saturated rings. The van der Waals surface area contributed by atoms with Gasteiger partial charge in [-0.25, -0.2) is 14.2 Å². The number of hydrogen-bond acceptors (Lipinski definition) is 9. The van der Waals surface area contributed by atoms with E-state index < -0.39 is 16.5 Å². The predicted octanol–water partition coefficient (Wildman–Crippen LogP) is 16.0. The number of benzene rings is 9. The van der Waals surface area contributed by atoms with E-state index in [-0.39, 0.29) is 29.9 Å². The minimum absolute atomic E-state index is 0.0473. The molecule has 14 nitrogen and oxygen atoms in total. The fourth-order valence-corrected chi connectivity index (χ4v) is 16.2. The molecule has 8 heterocycles. The maximum Gasteiger partial charge on any atom is 0.410 e. The first kappa shape index (κ1) is 63.1. The number of fused-ring (bicyclic) bond motifs is 2. The SMILES string of the molecule is Cc1cc(-c2nn(C(c3ccccc3)(c3ccccc3)c3ccccc3)c3ccc(N4CC[C@]5(CCN(C(=O)OCc6ccccc6)C5)C4=O)cc23)ccn1.Cc1cc(-c2nn(C(c3ccccc3)(c3ccccc3)c3ccccc3)c3ccc(N4CC[C@]5(CCNC5)C4=O)cc23)ccn1. The molecule has 494 valence electrons. The molecule has 4 aliphatic rings. The summed E-state index contributed by atoms with van der Waals surface area (Å²) in [5, 5.41) is 16.4. The molecule has 4 aliphatic heterocycles. The molecule has 13 aromatic rings. The molecule has 0 unspecified atom stereocenters. The lowest BCUT2D eigenvalue weighted by Crippen LogP contribution is -2.39. The van der Waals surface area contributed by atoms with Crippen LogP contribution in [0, 0.1) is 24.7 Å². The maximum atomic E-state index is 14.5. The van der Waals surface area contributed by atoms with Crippen molar-refractivity contribution in [1.29, 1.82) is 0 Å². The van der Waals surface area contributed by atoms with E-state index in [1.807, 2.05) is 103 Å². The van der Waals surface area contributed by atoms with Gasteiger partial charge in [-0.2, -0.15) is 10.2 Å². The number of nitrogens with one attached hydrogen (secondary N) is 1. The third-order valence-corrected chi connectivity index (χ3v) is 21.2. The monoisotopic (exact) mass is 1310 g/mol. The second-order valence-electron chi connectivity index (χ2n) is 27.0. The van der Waals surface area contributed by atoms with Gasteiger partial charge in [0.2, 0.25) is 11.8 Å². The van der Waals surface area contributed by atoms with Crippen molar-refractivity contribution in [3.63, 3.8) is 0 Å². The first-order chi connectivity index (χ1) is 49.1. The number of aromatic nitrogens is 6. The second-order valence-corrected chi connectivity index (χ2v) is 27.0.